The number of hydrogen-bond donors (Lipinski definition) is 0. The van der Waals surface area contributed by atoms with Gasteiger partial charge in [-0.25, -0.2) is 0 Å². The van der Waals surface area contributed by atoms with Crippen LogP contribution >= 0.6 is 0 Å². The van der Waals surface area contributed by atoms with Gasteiger partial charge in [0.15, 0.2) is 0 Å². The zero-order chi connectivity index (χ0) is 8.48. The lowest BCUT2D eigenvalue weighted by Crippen LogP contribution is -2.06. The van der Waals surface area contributed by atoms with Crippen LogP contribution in [0.25, 0.3) is 0 Å². The second-order valence-corrected chi connectivity index (χ2v) is 4.80. The van der Waals surface area contributed by atoms with Crippen molar-refractivity contribution in [2.75, 3.05) is 12.9 Å². The molecule has 0 bridgehead atoms. The fourth-order valence-corrected chi connectivity index (χ4v) is 1.65. The van der Waals surface area contributed by atoms with E-state index in [1.165, 1.54) is 0 Å². The minimum Gasteiger partial charge on any atom is -0.270 e. The smallest absolute Gasteiger partial charge is 0.264 e. The summed E-state index contributed by atoms with van der Waals surface area (Å²) in [6.45, 7) is 2.50. The Morgan fingerprint density at radius 1 is 1.45 bits per heavy atom. The molecule has 1 saturated carbocycles. The van der Waals surface area contributed by atoms with Crippen LogP contribution < -0.4 is 0 Å². The molecule has 1 rings (SSSR count). The van der Waals surface area contributed by atoms with Crippen molar-refractivity contribution in [3.63, 3.8) is 0 Å². The van der Waals surface area contributed by atoms with Gasteiger partial charge in [0.25, 0.3) is 10.1 Å². The van der Waals surface area contributed by atoms with E-state index in [9.17, 15) is 8.42 Å². The molecule has 66 valence electrons. The summed E-state index contributed by atoms with van der Waals surface area (Å²) in [7, 11) is -3.21. The molecule has 0 unspecified atom stereocenters. The topological polar surface area (TPSA) is 43.4 Å². The van der Waals surface area contributed by atoms with Crippen LogP contribution in [0.2, 0.25) is 0 Å². The molecule has 11 heavy (non-hydrogen) atoms. The normalized spacial score (nSPS) is 30.4. The average Bonchev–Trinajstić information content (AvgIpc) is 2.60. The third kappa shape index (κ3) is 3.20. The Kier molecular flexibility index (Phi) is 2.54. The van der Waals surface area contributed by atoms with E-state index in [1.807, 2.05) is 0 Å². The molecule has 1 aliphatic carbocycles. The van der Waals surface area contributed by atoms with Crippen molar-refractivity contribution in [2.24, 2.45) is 11.8 Å². The first-order valence-electron chi connectivity index (χ1n) is 3.87. The molecule has 0 aromatic heterocycles. The van der Waals surface area contributed by atoms with Crippen molar-refractivity contribution in [3.8, 4) is 0 Å². The highest BCUT2D eigenvalue weighted by atomic mass is 32.2. The highest BCUT2D eigenvalue weighted by Gasteiger charge is 2.35. The Morgan fingerprint density at radius 3 is 2.45 bits per heavy atom. The molecule has 1 aliphatic rings. The van der Waals surface area contributed by atoms with E-state index >= 15 is 0 Å². The predicted octanol–water partition coefficient (Wildman–Crippen LogP) is 1.01. The van der Waals surface area contributed by atoms with Crippen LogP contribution in [0.4, 0.5) is 0 Å². The number of hydrogen-bond acceptors (Lipinski definition) is 3. The Hall–Kier alpha value is -0.0900. The molecule has 4 heteroatoms. The lowest BCUT2D eigenvalue weighted by molar-refractivity contribution is 0.297. The lowest BCUT2D eigenvalue weighted by Gasteiger charge is -1.98. The molecular weight excluding hydrogens is 164 g/mol. The zero-order valence-corrected chi connectivity index (χ0v) is 7.73. The van der Waals surface area contributed by atoms with E-state index in [0.717, 1.165) is 19.1 Å². The van der Waals surface area contributed by atoms with E-state index < -0.39 is 10.1 Å². The van der Waals surface area contributed by atoms with Crippen molar-refractivity contribution >= 4 is 10.1 Å². The Labute approximate surface area is 67.9 Å². The molecule has 0 radical (unpaired) electrons. The molecule has 0 spiro atoms. The van der Waals surface area contributed by atoms with Gasteiger partial charge in [0.2, 0.25) is 0 Å². The summed E-state index contributed by atoms with van der Waals surface area (Å²) in [6.07, 6.45) is 3.36. The van der Waals surface area contributed by atoms with E-state index in [2.05, 4.69) is 11.1 Å². The minimum absolute atomic E-state index is 0.386. The zero-order valence-electron chi connectivity index (χ0n) is 6.91. The standard InChI is InChI=1S/C7H14O3S/c1-3-6-4-7(6)5-10-11(2,8)9/h6-7H,3-5H2,1-2H3/t6-,7+/m0/s1. The predicted molar refractivity (Wildman–Crippen MR) is 42.7 cm³/mol. The molecule has 0 heterocycles. The summed E-state index contributed by atoms with van der Waals surface area (Å²) in [4.78, 5) is 0. The largest absolute Gasteiger partial charge is 0.270 e. The fraction of sp³-hybridized carbons (Fsp3) is 1.00. The summed E-state index contributed by atoms with van der Waals surface area (Å²) in [6, 6.07) is 0. The molecule has 0 aromatic carbocycles. The highest BCUT2D eigenvalue weighted by Crippen LogP contribution is 2.41. The van der Waals surface area contributed by atoms with Crippen molar-refractivity contribution in [2.45, 2.75) is 19.8 Å². The van der Waals surface area contributed by atoms with Crippen LogP contribution in [0.1, 0.15) is 19.8 Å². The van der Waals surface area contributed by atoms with Gasteiger partial charge in [-0.3, -0.25) is 4.18 Å². The maximum Gasteiger partial charge on any atom is 0.264 e. The third-order valence-corrected chi connectivity index (χ3v) is 2.65. The lowest BCUT2D eigenvalue weighted by atomic mass is 10.3. The van der Waals surface area contributed by atoms with Crippen molar-refractivity contribution in [1.29, 1.82) is 0 Å². The van der Waals surface area contributed by atoms with E-state index in [4.69, 9.17) is 0 Å². The molecule has 0 aliphatic heterocycles. The minimum atomic E-state index is -3.21. The van der Waals surface area contributed by atoms with Gasteiger partial charge >= 0.3 is 0 Å². The summed E-state index contributed by atoms with van der Waals surface area (Å²) in [5.74, 6) is 1.20. The first-order chi connectivity index (χ1) is 5.03. The monoisotopic (exact) mass is 178 g/mol. The maximum atomic E-state index is 10.5. The number of rotatable bonds is 4. The van der Waals surface area contributed by atoms with Crippen molar-refractivity contribution in [3.05, 3.63) is 0 Å². The molecule has 0 amide bonds. The van der Waals surface area contributed by atoms with Crippen molar-refractivity contribution in [1.82, 2.24) is 0 Å². The average molecular weight is 178 g/mol. The maximum absolute atomic E-state index is 10.5. The molecule has 0 saturated heterocycles. The molecule has 1 fully saturated rings. The van der Waals surface area contributed by atoms with Crippen LogP contribution in [-0.4, -0.2) is 21.3 Å². The summed E-state index contributed by atoms with van der Waals surface area (Å²) < 4.78 is 25.7. The highest BCUT2D eigenvalue weighted by molar-refractivity contribution is 7.85. The second-order valence-electron chi connectivity index (χ2n) is 3.15. The Morgan fingerprint density at radius 2 is 2.09 bits per heavy atom. The van der Waals surface area contributed by atoms with Crippen LogP contribution in [-0.2, 0) is 14.3 Å². The first-order valence-corrected chi connectivity index (χ1v) is 5.69. The SMILES string of the molecule is CC[C@H]1C[C@@H]1COS(C)(=O)=O. The van der Waals surface area contributed by atoms with Gasteiger partial charge in [-0.05, 0) is 18.3 Å². The van der Waals surface area contributed by atoms with Gasteiger partial charge < -0.3 is 0 Å². The van der Waals surface area contributed by atoms with E-state index in [1.54, 1.807) is 0 Å². The van der Waals surface area contributed by atoms with Gasteiger partial charge in [0.1, 0.15) is 0 Å². The summed E-state index contributed by atoms with van der Waals surface area (Å²) in [5, 5.41) is 0. The van der Waals surface area contributed by atoms with Gasteiger partial charge in [0.05, 0.1) is 12.9 Å². The van der Waals surface area contributed by atoms with Crippen molar-refractivity contribution < 1.29 is 12.6 Å². The Bertz CT molecular complexity index is 220. The third-order valence-electron chi connectivity index (χ3n) is 2.09. The van der Waals surface area contributed by atoms with Crippen LogP contribution in [0, 0.1) is 11.8 Å². The molecule has 2 atom stereocenters. The van der Waals surface area contributed by atoms with Gasteiger partial charge in [-0.2, -0.15) is 8.42 Å². The summed E-state index contributed by atoms with van der Waals surface area (Å²) in [5.41, 5.74) is 0. The molecule has 0 aromatic rings. The molecule has 0 N–H and O–H groups in total. The molecule has 3 nitrogen and oxygen atoms in total. The first kappa shape index (κ1) is 9.00. The van der Waals surface area contributed by atoms with Crippen LogP contribution in [0.5, 0.6) is 0 Å². The second kappa shape index (κ2) is 3.11. The quantitative estimate of drug-likeness (QED) is 0.603. The van der Waals surface area contributed by atoms with Gasteiger partial charge in [0, 0.05) is 0 Å². The van der Waals surface area contributed by atoms with E-state index in [0.29, 0.717) is 18.4 Å². The van der Waals surface area contributed by atoms with Crippen LogP contribution in [0.15, 0.2) is 0 Å². The van der Waals surface area contributed by atoms with E-state index in [-0.39, 0.29) is 0 Å². The van der Waals surface area contributed by atoms with Gasteiger partial charge in [-0.1, -0.05) is 13.3 Å². The van der Waals surface area contributed by atoms with Crippen LogP contribution in [0.3, 0.4) is 0 Å². The molecular formula is C7H14O3S. The van der Waals surface area contributed by atoms with Gasteiger partial charge in [-0.15, -0.1) is 0 Å². The fourth-order valence-electron chi connectivity index (χ4n) is 1.23. The summed E-state index contributed by atoms with van der Waals surface area (Å²) >= 11 is 0. The Balaban J connectivity index is 2.16.